The van der Waals surface area contributed by atoms with Crippen molar-refractivity contribution in [1.29, 1.82) is 0 Å². The number of hydrogen-bond acceptors (Lipinski definition) is 4. The van der Waals surface area contributed by atoms with Crippen molar-refractivity contribution in [3.05, 3.63) is 72.3 Å². The van der Waals surface area contributed by atoms with Crippen molar-refractivity contribution < 1.29 is 17.9 Å². The number of para-hydroxylation sites is 1. The van der Waals surface area contributed by atoms with Crippen molar-refractivity contribution in [2.45, 2.75) is 19.8 Å². The molecule has 0 saturated heterocycles. The predicted molar refractivity (Wildman–Crippen MR) is 125 cm³/mol. The maximum atomic E-state index is 12.5. The van der Waals surface area contributed by atoms with Crippen LogP contribution >= 0.6 is 0 Å². The highest BCUT2D eigenvalue weighted by Gasteiger charge is 2.23. The first-order valence-electron chi connectivity index (χ1n) is 10.2. The summed E-state index contributed by atoms with van der Waals surface area (Å²) in [5.41, 5.74) is 1.41. The van der Waals surface area contributed by atoms with Gasteiger partial charge in [-0.3, -0.25) is 9.10 Å². The zero-order chi connectivity index (χ0) is 22.4. The van der Waals surface area contributed by atoms with Gasteiger partial charge in [0.15, 0.2) is 0 Å². The van der Waals surface area contributed by atoms with E-state index in [0.717, 1.165) is 32.6 Å². The zero-order valence-corrected chi connectivity index (χ0v) is 18.9. The van der Waals surface area contributed by atoms with Gasteiger partial charge in [0.25, 0.3) is 0 Å². The number of benzene rings is 3. The molecule has 0 aliphatic rings. The molecule has 0 aliphatic heterocycles. The summed E-state index contributed by atoms with van der Waals surface area (Å²) in [6.45, 7) is 4.26. The molecule has 3 aromatic rings. The quantitative estimate of drug-likeness (QED) is 0.512. The Hall–Kier alpha value is -3.06. The van der Waals surface area contributed by atoms with Crippen LogP contribution in [0.5, 0.6) is 5.75 Å². The molecule has 1 amide bonds. The lowest BCUT2D eigenvalue weighted by atomic mass is 10.0. The van der Waals surface area contributed by atoms with E-state index in [9.17, 15) is 13.2 Å². The van der Waals surface area contributed by atoms with E-state index < -0.39 is 10.0 Å². The SMILES string of the molecule is CC(C)c1ccccc1N(CC(=O)NCCOc1ccc2ccccc2c1)S(C)(=O)=O. The van der Waals surface area contributed by atoms with E-state index in [-0.39, 0.29) is 31.5 Å². The second-order valence-electron chi connectivity index (χ2n) is 7.69. The second kappa shape index (κ2) is 9.83. The lowest BCUT2D eigenvalue weighted by molar-refractivity contribution is -0.119. The van der Waals surface area contributed by atoms with Crippen molar-refractivity contribution in [1.82, 2.24) is 5.32 Å². The summed E-state index contributed by atoms with van der Waals surface area (Å²) in [4.78, 5) is 12.5. The highest BCUT2D eigenvalue weighted by Crippen LogP contribution is 2.28. The number of anilines is 1. The fourth-order valence-electron chi connectivity index (χ4n) is 3.39. The van der Waals surface area contributed by atoms with Crippen LogP contribution in [0.3, 0.4) is 0 Å². The lowest BCUT2D eigenvalue weighted by Crippen LogP contribution is -2.41. The molecule has 3 rings (SSSR count). The van der Waals surface area contributed by atoms with E-state index >= 15 is 0 Å². The Morgan fingerprint density at radius 1 is 1.00 bits per heavy atom. The molecule has 0 spiro atoms. The van der Waals surface area contributed by atoms with Gasteiger partial charge in [0, 0.05) is 0 Å². The van der Waals surface area contributed by atoms with E-state index in [2.05, 4.69) is 5.32 Å². The van der Waals surface area contributed by atoms with E-state index in [1.165, 1.54) is 0 Å². The molecule has 3 aromatic carbocycles. The molecule has 0 radical (unpaired) electrons. The van der Waals surface area contributed by atoms with Gasteiger partial charge in [-0.15, -0.1) is 0 Å². The Labute approximate surface area is 183 Å². The molecular weight excluding hydrogens is 412 g/mol. The molecule has 0 heterocycles. The van der Waals surface area contributed by atoms with Crippen molar-refractivity contribution >= 4 is 32.4 Å². The van der Waals surface area contributed by atoms with E-state index in [1.54, 1.807) is 12.1 Å². The summed E-state index contributed by atoms with van der Waals surface area (Å²) in [7, 11) is -3.62. The number of fused-ring (bicyclic) bond motifs is 1. The number of sulfonamides is 1. The summed E-state index contributed by atoms with van der Waals surface area (Å²) in [6, 6.07) is 21.1. The number of nitrogens with one attached hydrogen (secondary N) is 1. The molecule has 0 atom stereocenters. The topological polar surface area (TPSA) is 75.7 Å². The van der Waals surface area contributed by atoms with E-state index in [1.807, 2.05) is 68.4 Å². The summed E-state index contributed by atoms with van der Waals surface area (Å²) >= 11 is 0. The van der Waals surface area contributed by atoms with E-state index in [4.69, 9.17) is 4.74 Å². The molecule has 7 heteroatoms. The Balaban J connectivity index is 1.59. The summed E-state index contributed by atoms with van der Waals surface area (Å²) < 4.78 is 31.7. The first-order chi connectivity index (χ1) is 14.8. The van der Waals surface area contributed by atoms with Gasteiger partial charge >= 0.3 is 0 Å². The van der Waals surface area contributed by atoms with Crippen LogP contribution in [0.4, 0.5) is 5.69 Å². The van der Waals surface area contributed by atoms with Crippen molar-refractivity contribution in [3.8, 4) is 5.75 Å². The van der Waals surface area contributed by atoms with Crippen molar-refractivity contribution in [3.63, 3.8) is 0 Å². The molecule has 0 saturated carbocycles. The maximum Gasteiger partial charge on any atom is 0.240 e. The highest BCUT2D eigenvalue weighted by atomic mass is 32.2. The number of carbonyl (C=O) groups excluding carboxylic acids is 1. The molecule has 0 bridgehead atoms. The first kappa shape index (κ1) is 22.6. The molecule has 0 aliphatic carbocycles. The molecule has 0 fully saturated rings. The third-order valence-electron chi connectivity index (χ3n) is 4.93. The smallest absolute Gasteiger partial charge is 0.240 e. The molecule has 0 aromatic heterocycles. The fraction of sp³-hybridized carbons (Fsp3) is 0.292. The molecule has 6 nitrogen and oxygen atoms in total. The highest BCUT2D eigenvalue weighted by molar-refractivity contribution is 7.92. The Kier molecular flexibility index (Phi) is 7.17. The maximum absolute atomic E-state index is 12.5. The van der Waals surface area contributed by atoms with Gasteiger partial charge in [0.1, 0.15) is 18.9 Å². The predicted octanol–water partition coefficient (Wildman–Crippen LogP) is 3.92. The van der Waals surface area contributed by atoms with Crippen LogP contribution in [0.25, 0.3) is 10.8 Å². The largest absolute Gasteiger partial charge is 0.492 e. The number of amides is 1. The molecule has 1 N–H and O–H groups in total. The molecule has 164 valence electrons. The average Bonchev–Trinajstić information content (AvgIpc) is 2.74. The van der Waals surface area contributed by atoms with E-state index in [0.29, 0.717) is 5.69 Å². The van der Waals surface area contributed by atoms with Crippen molar-refractivity contribution in [2.75, 3.05) is 30.3 Å². The number of carbonyl (C=O) groups is 1. The average molecular weight is 441 g/mol. The van der Waals surface area contributed by atoms with Gasteiger partial charge in [-0.05, 0) is 40.5 Å². The normalized spacial score (nSPS) is 11.5. The van der Waals surface area contributed by atoms with Crippen LogP contribution in [0.1, 0.15) is 25.3 Å². The minimum absolute atomic E-state index is 0.124. The minimum atomic E-state index is -3.62. The number of nitrogens with zero attached hydrogens (tertiary/aromatic N) is 1. The standard InChI is InChI=1S/C24H28N2O4S/c1-18(2)22-10-6-7-11-23(22)26(31(3,28)29)17-24(27)25-14-15-30-21-13-12-19-8-4-5-9-20(19)16-21/h4-13,16,18H,14-15,17H2,1-3H3,(H,25,27). The van der Waals surface area contributed by atoms with Crippen LogP contribution in [0.15, 0.2) is 66.7 Å². The summed E-state index contributed by atoms with van der Waals surface area (Å²) in [5, 5.41) is 4.95. The molecule has 31 heavy (non-hydrogen) atoms. The summed E-state index contributed by atoms with van der Waals surface area (Å²) in [6.07, 6.45) is 1.11. The van der Waals surface area contributed by atoms with Crippen LogP contribution in [-0.2, 0) is 14.8 Å². The van der Waals surface area contributed by atoms with Gasteiger partial charge in [-0.1, -0.05) is 62.4 Å². The van der Waals surface area contributed by atoms with Gasteiger partial charge < -0.3 is 10.1 Å². The third-order valence-corrected chi connectivity index (χ3v) is 6.06. The second-order valence-corrected chi connectivity index (χ2v) is 9.60. The first-order valence-corrected chi connectivity index (χ1v) is 12.1. The monoisotopic (exact) mass is 440 g/mol. The summed E-state index contributed by atoms with van der Waals surface area (Å²) in [5.74, 6) is 0.460. The Morgan fingerprint density at radius 3 is 2.39 bits per heavy atom. The van der Waals surface area contributed by atoms with Crippen LogP contribution in [0, 0.1) is 0 Å². The van der Waals surface area contributed by atoms with Gasteiger partial charge in [-0.2, -0.15) is 0 Å². The van der Waals surface area contributed by atoms with Gasteiger partial charge in [0.2, 0.25) is 15.9 Å². The number of hydrogen-bond donors (Lipinski definition) is 1. The fourth-order valence-corrected chi connectivity index (χ4v) is 4.26. The lowest BCUT2D eigenvalue weighted by Gasteiger charge is -2.25. The Bertz CT molecular complexity index is 1160. The molecular formula is C24H28N2O4S. The van der Waals surface area contributed by atoms with Crippen LogP contribution < -0.4 is 14.4 Å². The van der Waals surface area contributed by atoms with Crippen LogP contribution in [0.2, 0.25) is 0 Å². The van der Waals surface area contributed by atoms with Gasteiger partial charge in [0.05, 0.1) is 18.5 Å². The van der Waals surface area contributed by atoms with Crippen LogP contribution in [-0.4, -0.2) is 40.3 Å². The minimum Gasteiger partial charge on any atom is -0.492 e. The van der Waals surface area contributed by atoms with Gasteiger partial charge in [-0.25, -0.2) is 8.42 Å². The van der Waals surface area contributed by atoms with Crippen molar-refractivity contribution in [2.24, 2.45) is 0 Å². The zero-order valence-electron chi connectivity index (χ0n) is 18.0. The Morgan fingerprint density at radius 2 is 1.68 bits per heavy atom. The third kappa shape index (κ3) is 5.98. The molecule has 0 unspecified atom stereocenters. The number of rotatable bonds is 9. The number of ether oxygens (including phenoxy) is 1.